The van der Waals surface area contributed by atoms with E-state index in [1.165, 1.54) is 88.6 Å². The molecule has 0 bridgehead atoms. The van der Waals surface area contributed by atoms with Gasteiger partial charge in [0, 0.05) is 128 Å². The topological polar surface area (TPSA) is 357 Å². The van der Waals surface area contributed by atoms with Crippen LogP contribution in [0.25, 0.3) is 100 Å². The van der Waals surface area contributed by atoms with Crippen molar-refractivity contribution in [3.8, 4) is 45.0 Å². The van der Waals surface area contributed by atoms with Gasteiger partial charge in [-0.25, -0.2) is 29.3 Å². The number of nitro benzene ring substituents is 2. The number of fused-ring (bicyclic) bond motifs is 5. The van der Waals surface area contributed by atoms with E-state index in [2.05, 4.69) is 49.8 Å². The van der Waals surface area contributed by atoms with Gasteiger partial charge in [-0.15, -0.1) is 56.7 Å². The molecule has 19 rings (SSSR count). The smallest absolute Gasteiger partial charge is 0.288 e. The van der Waals surface area contributed by atoms with Gasteiger partial charge in [-0.1, -0.05) is 47.5 Å². The van der Waals surface area contributed by atoms with Crippen LogP contribution in [0.3, 0.4) is 0 Å². The lowest BCUT2D eigenvalue weighted by Crippen LogP contribution is -1.97. The van der Waals surface area contributed by atoms with Crippen molar-refractivity contribution >= 4 is 175 Å². The van der Waals surface area contributed by atoms with Crippen LogP contribution in [-0.4, -0.2) is 116 Å². The Labute approximate surface area is 713 Å². The van der Waals surface area contributed by atoms with Gasteiger partial charge in [-0.2, -0.15) is 0 Å². The van der Waals surface area contributed by atoms with Crippen LogP contribution < -0.4 is 0 Å². The monoisotopic (exact) mass is 1740 g/mol. The minimum absolute atomic E-state index is 0.0374. The summed E-state index contributed by atoms with van der Waals surface area (Å²) < 4.78 is 22.7. The quantitative estimate of drug-likeness (QED) is 0.0159. The second-order valence-corrected chi connectivity index (χ2v) is 31.1. The van der Waals surface area contributed by atoms with Crippen molar-refractivity contribution in [3.05, 3.63) is 369 Å². The first kappa shape index (κ1) is 81.6. The average molecular weight is 1740 g/mol. The zero-order chi connectivity index (χ0) is 84.2. The normalized spacial score (nSPS) is 11.5. The Kier molecular flexibility index (Phi) is 24.9. The number of carbonyl (C=O) groups excluding carboxylic acids is 5. The lowest BCUT2D eigenvalue weighted by molar-refractivity contribution is -0.385. The van der Waals surface area contributed by atoms with E-state index in [-0.39, 0.29) is 56.7 Å². The molecule has 0 saturated heterocycles. The molecular weight excluding hydrogens is 1680 g/mol. The molecule has 600 valence electrons. The van der Waals surface area contributed by atoms with Crippen molar-refractivity contribution in [2.24, 2.45) is 0 Å². The fourth-order valence-corrected chi connectivity index (χ4v) is 16.4. The second-order valence-electron chi connectivity index (χ2n) is 25.8. The summed E-state index contributed by atoms with van der Waals surface area (Å²) in [6.07, 6.45) is 34.2. The number of aliphatic hydroxyl groups is 1. The number of nitrogens with one attached hydrogen (secondary N) is 5. The predicted octanol–water partition coefficient (Wildman–Crippen LogP) is 20.8. The largest absolute Gasteiger partial charge is 0.391 e. The van der Waals surface area contributed by atoms with Crippen molar-refractivity contribution < 1.29 is 43.3 Å². The third kappa shape index (κ3) is 18.4. The molecular formula is C86H60Cl2FN17O10S5. The number of imidazole rings is 5. The molecule has 0 fully saturated rings. The van der Waals surface area contributed by atoms with E-state index in [4.69, 9.17) is 23.2 Å². The van der Waals surface area contributed by atoms with Crippen molar-refractivity contribution in [1.82, 2.24) is 71.8 Å². The van der Waals surface area contributed by atoms with Gasteiger partial charge in [0.05, 0.1) is 107 Å². The van der Waals surface area contributed by atoms with E-state index in [0.29, 0.717) is 72.4 Å². The number of H-pyrrole nitrogens is 5. The summed E-state index contributed by atoms with van der Waals surface area (Å²) in [6.45, 7) is 1.52. The van der Waals surface area contributed by atoms with Crippen LogP contribution in [0.2, 0.25) is 10.0 Å². The molecule has 15 heterocycles. The number of nitrogens with zero attached hydrogens (tertiary/aromatic N) is 12. The predicted molar refractivity (Wildman–Crippen MR) is 472 cm³/mol. The second kappa shape index (κ2) is 37.0. The number of aliphatic hydroxyl groups excluding tert-OH is 1. The summed E-state index contributed by atoms with van der Waals surface area (Å²) in [5.74, 6) is -0.896. The average Bonchev–Trinajstić information content (AvgIpc) is 1.71. The molecule has 0 radical (unpaired) electrons. The molecule has 4 aromatic carbocycles. The maximum Gasteiger partial charge on any atom is 0.288 e. The highest BCUT2D eigenvalue weighted by molar-refractivity contribution is 7.16. The minimum atomic E-state index is -0.533. The molecule has 0 spiro atoms. The first-order chi connectivity index (χ1) is 58.8. The Bertz CT molecular complexity index is 6960. The van der Waals surface area contributed by atoms with Crippen LogP contribution in [0.4, 0.5) is 15.8 Å². The zero-order valence-corrected chi connectivity index (χ0v) is 68.3. The summed E-state index contributed by atoms with van der Waals surface area (Å²) in [5.41, 5.74) is 12.8. The van der Waals surface area contributed by atoms with Gasteiger partial charge in [0.25, 0.3) is 11.4 Å². The molecule has 27 nitrogen and oxygen atoms in total. The van der Waals surface area contributed by atoms with E-state index >= 15 is 0 Å². The first-order valence-electron chi connectivity index (χ1n) is 36.2. The van der Waals surface area contributed by atoms with Gasteiger partial charge in [-0.05, 0) is 177 Å². The summed E-state index contributed by atoms with van der Waals surface area (Å²) in [5, 5.41) is 42.2. The third-order valence-corrected chi connectivity index (χ3v) is 22.7. The Hall–Kier alpha value is -14.6. The highest BCUT2D eigenvalue weighted by atomic mass is 35.5. The van der Waals surface area contributed by atoms with E-state index in [0.717, 1.165) is 65.1 Å². The van der Waals surface area contributed by atoms with Crippen LogP contribution in [0.15, 0.2) is 265 Å². The molecule has 0 aliphatic carbocycles. The number of thiazole rings is 5. The van der Waals surface area contributed by atoms with Gasteiger partial charge in [0.2, 0.25) is 28.9 Å². The maximum atomic E-state index is 13.2. The molecule has 35 heteroatoms. The van der Waals surface area contributed by atoms with E-state index < -0.39 is 16.5 Å². The number of rotatable bonds is 22. The molecule has 121 heavy (non-hydrogen) atoms. The number of allylic oxidation sites excluding steroid dienone is 5. The lowest BCUT2D eigenvalue weighted by Gasteiger charge is -2.04. The summed E-state index contributed by atoms with van der Waals surface area (Å²) in [6, 6.07) is 40.3. The summed E-state index contributed by atoms with van der Waals surface area (Å²) >= 11 is 19.4. The number of aromatic amines is 5. The van der Waals surface area contributed by atoms with Gasteiger partial charge in [0.1, 0.15) is 10.8 Å². The molecule has 0 aliphatic rings. The number of benzene rings is 4. The number of halogens is 3. The highest BCUT2D eigenvalue weighted by Gasteiger charge is 2.23. The van der Waals surface area contributed by atoms with Crippen LogP contribution in [0, 0.1) is 33.0 Å². The Morgan fingerprint density at radius 3 is 1.02 bits per heavy atom. The Balaban J connectivity index is 0.000000118. The summed E-state index contributed by atoms with van der Waals surface area (Å²) in [4.78, 5) is 124. The maximum absolute atomic E-state index is 13.2. The standard InChI is InChI=1S/C19H14N4O4S.C18H11ClN4O3S.C18H12ClN3OS.C18H12FN3OS.C13H11N3OS/c24-11-13-4-3-12(10-16(13)23(26)27)18-15(22-8-9-28-19(22)21-18)5-6-17(25)14-2-1-7-20-14;19-12-4-3-11(10-15(12)23(25)26)17-14(22-8-9-27-18(22)21-17)5-6-16(24)13-2-1-7-20-13;2*19-13-5-3-12(4-6-13)17-15(22-10-11-24-18(22)21-17)7-8-16(23)14-2-1-9-20-14;1-9-11(16-7-8-18-13(16)15-9)4-5-12(17)10-3-2-6-14-10/h1-10,20,24H,11H2;1-10,20H;2*1-11,20H;2-8,14H,1H3/b2*6-5+;2*8-7+;5-4+. The number of nitro groups is 2. The van der Waals surface area contributed by atoms with Crippen LogP contribution in [-0.2, 0) is 6.61 Å². The number of carbonyl (C=O) groups is 5. The number of ketones is 5. The van der Waals surface area contributed by atoms with E-state index in [1.807, 2.05) is 123 Å². The molecule has 19 aromatic rings. The minimum Gasteiger partial charge on any atom is -0.391 e. The van der Waals surface area contributed by atoms with Gasteiger partial charge in [0.15, 0.2) is 24.8 Å². The number of aromatic nitrogens is 15. The Morgan fingerprint density at radius 1 is 0.405 bits per heavy atom. The fraction of sp³-hybridized carbons (Fsp3) is 0.0233. The van der Waals surface area contributed by atoms with Crippen LogP contribution in [0.5, 0.6) is 0 Å². The molecule has 0 unspecified atom stereocenters. The number of hydrogen-bond donors (Lipinski definition) is 6. The third-order valence-electron chi connectivity index (χ3n) is 18.3. The lowest BCUT2D eigenvalue weighted by atomic mass is 10.1. The Morgan fingerprint density at radius 2 is 0.694 bits per heavy atom. The van der Waals surface area contributed by atoms with Gasteiger partial charge in [-0.3, -0.25) is 66.2 Å². The zero-order valence-electron chi connectivity index (χ0n) is 62.7. The highest BCUT2D eigenvalue weighted by Crippen LogP contribution is 2.37. The van der Waals surface area contributed by atoms with Gasteiger partial charge >= 0.3 is 0 Å². The molecule has 0 saturated carbocycles. The number of aryl methyl sites for hydroxylation is 1. The summed E-state index contributed by atoms with van der Waals surface area (Å²) in [7, 11) is 0. The fourth-order valence-electron chi connectivity index (χ4n) is 12.5. The van der Waals surface area contributed by atoms with Crippen LogP contribution >= 0.6 is 79.9 Å². The number of hydrogen-bond acceptors (Lipinski definition) is 20. The van der Waals surface area contributed by atoms with E-state index in [9.17, 15) is 53.7 Å². The molecule has 15 aromatic heterocycles. The van der Waals surface area contributed by atoms with Gasteiger partial charge < -0.3 is 30.0 Å². The molecule has 6 N–H and O–H groups in total. The molecule has 0 aliphatic heterocycles. The van der Waals surface area contributed by atoms with Crippen molar-refractivity contribution in [2.45, 2.75) is 13.5 Å². The van der Waals surface area contributed by atoms with E-state index in [1.54, 1.807) is 169 Å². The van der Waals surface area contributed by atoms with Crippen molar-refractivity contribution in [3.63, 3.8) is 0 Å². The van der Waals surface area contributed by atoms with Crippen molar-refractivity contribution in [2.75, 3.05) is 0 Å². The SMILES string of the molecule is Cc1nc2sccn2c1/C=C/C(=O)c1ccc[nH]1.O=C(/C=C/c1c(-c2ccc(CO)c([N+](=O)[O-])c2)nc2sccn12)c1ccc[nH]1.O=C(/C=C/c1c(-c2ccc(Cl)c([N+](=O)[O-])c2)nc2sccn12)c1ccc[nH]1.O=C(/C=C/c1c(-c2ccc(Cl)cc2)nc2sccn12)c1ccc[nH]1.O=C(/C=C/c1c(-c2ccc(F)cc2)nc2sccn12)c1ccc[nH]1. The van der Waals surface area contributed by atoms with Crippen LogP contribution in [0.1, 0.15) is 92.2 Å². The first-order valence-corrected chi connectivity index (χ1v) is 41.4. The molecule has 0 amide bonds. The molecule has 0 atom stereocenters. The van der Waals surface area contributed by atoms with Crippen molar-refractivity contribution in [1.29, 1.82) is 0 Å².